The van der Waals surface area contributed by atoms with Crippen LogP contribution in [0.4, 0.5) is 0 Å². The van der Waals surface area contributed by atoms with Crippen molar-refractivity contribution in [3.05, 3.63) is 96.1 Å². The third kappa shape index (κ3) is 3.84. The van der Waals surface area contributed by atoms with Crippen LogP contribution >= 0.6 is 0 Å². The van der Waals surface area contributed by atoms with Crippen LogP contribution in [0.1, 0.15) is 18.1 Å². The first-order chi connectivity index (χ1) is 16.8. The lowest BCUT2D eigenvalue weighted by atomic mass is 10.0. The molecule has 0 saturated carbocycles. The topological polar surface area (TPSA) is 23.8 Å². The van der Waals surface area contributed by atoms with Crippen molar-refractivity contribution in [3.8, 4) is 0 Å². The molecule has 6 rings (SSSR count). The van der Waals surface area contributed by atoms with E-state index in [4.69, 9.17) is 5.10 Å². The second kappa shape index (κ2) is 8.96. The van der Waals surface area contributed by atoms with Gasteiger partial charge in [-0.05, 0) is 47.0 Å². The monoisotopic (exact) mass is 446 g/mol. The number of piperazine rings is 1. The fourth-order valence-corrected chi connectivity index (χ4v) is 5.32. The van der Waals surface area contributed by atoms with E-state index in [0.717, 1.165) is 44.8 Å². The average molecular weight is 447 g/mol. The molecule has 1 saturated heterocycles. The van der Waals surface area contributed by atoms with Gasteiger partial charge in [-0.15, -0.1) is 0 Å². The second-order valence-corrected chi connectivity index (χ2v) is 9.15. The van der Waals surface area contributed by atoms with Crippen LogP contribution in [0, 0.1) is 0 Å². The molecule has 0 bridgehead atoms. The van der Waals surface area contributed by atoms with Crippen molar-refractivity contribution in [3.63, 3.8) is 0 Å². The summed E-state index contributed by atoms with van der Waals surface area (Å²) in [6, 6.07) is 30.7. The summed E-state index contributed by atoms with van der Waals surface area (Å²) in [5.41, 5.74) is 5.17. The Labute approximate surface area is 200 Å². The molecule has 1 aliphatic rings. The van der Waals surface area contributed by atoms with Gasteiger partial charge in [0, 0.05) is 61.1 Å². The molecule has 0 N–H and O–H groups in total. The quantitative estimate of drug-likeness (QED) is 0.304. The molecule has 0 unspecified atom stereocenters. The minimum atomic E-state index is 0.957. The molecule has 0 radical (unpaired) electrons. The maximum absolute atomic E-state index is 4.83. The largest absolute Gasteiger partial charge is 0.341 e. The van der Waals surface area contributed by atoms with Crippen molar-refractivity contribution in [2.45, 2.75) is 20.0 Å². The lowest BCUT2D eigenvalue weighted by Crippen LogP contribution is -2.43. The Morgan fingerprint density at radius 1 is 0.735 bits per heavy atom. The number of para-hydroxylation sites is 1. The highest BCUT2D eigenvalue weighted by Crippen LogP contribution is 2.29. The molecule has 1 aromatic heterocycles. The molecular formula is C30H30N4. The lowest BCUT2D eigenvalue weighted by Gasteiger charge is -2.33. The van der Waals surface area contributed by atoms with E-state index in [-0.39, 0.29) is 0 Å². The Bertz CT molecular complexity index is 1480. The number of fused-ring (bicyclic) bond motifs is 4. The van der Waals surface area contributed by atoms with Gasteiger partial charge in [0.25, 0.3) is 0 Å². The number of aromatic nitrogens is 1. The molecule has 1 aliphatic heterocycles. The van der Waals surface area contributed by atoms with Crippen LogP contribution in [0.25, 0.3) is 32.6 Å². The van der Waals surface area contributed by atoms with E-state index in [0.29, 0.717) is 0 Å². The molecule has 4 aromatic carbocycles. The number of nitrogens with zero attached hydrogens (tertiary/aromatic N) is 4. The molecule has 170 valence electrons. The predicted octanol–water partition coefficient (Wildman–Crippen LogP) is 6.12. The first-order valence-electron chi connectivity index (χ1n) is 12.3. The second-order valence-electron chi connectivity index (χ2n) is 9.15. The summed E-state index contributed by atoms with van der Waals surface area (Å²) in [6.07, 6.45) is 2.03. The van der Waals surface area contributed by atoms with Crippen LogP contribution in [0.15, 0.2) is 90.0 Å². The SMILES string of the molecule is CCn1c2ccccc2c2cc(/C=N\N3CCN(Cc4cccc5ccccc45)CC3)ccc21. The first-order valence-corrected chi connectivity index (χ1v) is 12.3. The zero-order chi connectivity index (χ0) is 22.9. The van der Waals surface area contributed by atoms with Gasteiger partial charge in [0.05, 0.1) is 6.21 Å². The van der Waals surface area contributed by atoms with Gasteiger partial charge < -0.3 is 4.57 Å². The van der Waals surface area contributed by atoms with Gasteiger partial charge in [-0.25, -0.2) is 0 Å². The van der Waals surface area contributed by atoms with E-state index in [2.05, 4.69) is 106 Å². The van der Waals surface area contributed by atoms with Crippen molar-refractivity contribution >= 4 is 38.8 Å². The van der Waals surface area contributed by atoms with E-state index >= 15 is 0 Å². The Hall–Kier alpha value is -3.63. The maximum Gasteiger partial charge on any atom is 0.0543 e. The third-order valence-corrected chi connectivity index (χ3v) is 7.11. The smallest absolute Gasteiger partial charge is 0.0543 e. The standard InChI is InChI=1S/C30H30N4/c1-2-34-29-13-6-5-12-27(29)28-20-23(14-15-30(28)34)21-31-33-18-16-32(17-19-33)22-25-10-7-9-24-8-3-4-11-26(24)25/h3-15,20-21H,2,16-19,22H2,1H3/b31-21-. The molecule has 5 aromatic rings. The van der Waals surface area contributed by atoms with Gasteiger partial charge in [0.1, 0.15) is 0 Å². The molecule has 0 aliphatic carbocycles. The van der Waals surface area contributed by atoms with E-state index < -0.39 is 0 Å². The van der Waals surface area contributed by atoms with Gasteiger partial charge in [0.15, 0.2) is 0 Å². The van der Waals surface area contributed by atoms with Crippen molar-refractivity contribution in [2.24, 2.45) is 5.10 Å². The number of aryl methyl sites for hydroxylation is 1. The van der Waals surface area contributed by atoms with E-state index in [9.17, 15) is 0 Å². The Morgan fingerprint density at radius 3 is 2.32 bits per heavy atom. The van der Waals surface area contributed by atoms with Crippen LogP contribution in [0.3, 0.4) is 0 Å². The normalized spacial score (nSPS) is 15.3. The minimum Gasteiger partial charge on any atom is -0.341 e. The summed E-state index contributed by atoms with van der Waals surface area (Å²) < 4.78 is 2.39. The molecule has 0 atom stereocenters. The van der Waals surface area contributed by atoms with E-state index in [1.165, 1.54) is 38.1 Å². The summed E-state index contributed by atoms with van der Waals surface area (Å²) in [5.74, 6) is 0. The van der Waals surface area contributed by atoms with Crippen molar-refractivity contribution < 1.29 is 0 Å². The summed E-state index contributed by atoms with van der Waals surface area (Å²) in [6.45, 7) is 8.16. The maximum atomic E-state index is 4.83. The fourth-order valence-electron chi connectivity index (χ4n) is 5.32. The van der Waals surface area contributed by atoms with Gasteiger partial charge >= 0.3 is 0 Å². The Kier molecular flexibility index (Phi) is 5.52. The minimum absolute atomic E-state index is 0.957. The summed E-state index contributed by atoms with van der Waals surface area (Å²) in [4.78, 5) is 2.54. The zero-order valence-corrected chi connectivity index (χ0v) is 19.7. The van der Waals surface area contributed by atoms with Crippen LogP contribution < -0.4 is 0 Å². The van der Waals surface area contributed by atoms with E-state index in [1.807, 2.05) is 6.21 Å². The molecule has 1 fully saturated rings. The highest BCUT2D eigenvalue weighted by Gasteiger charge is 2.16. The highest BCUT2D eigenvalue weighted by atomic mass is 15.5. The number of hydrazone groups is 1. The number of hydrogen-bond donors (Lipinski definition) is 0. The summed E-state index contributed by atoms with van der Waals surface area (Å²) >= 11 is 0. The van der Waals surface area contributed by atoms with Crippen molar-refractivity contribution in [1.82, 2.24) is 14.5 Å². The number of hydrogen-bond acceptors (Lipinski definition) is 3. The molecule has 34 heavy (non-hydrogen) atoms. The van der Waals surface area contributed by atoms with Gasteiger partial charge in [-0.2, -0.15) is 5.10 Å². The van der Waals surface area contributed by atoms with Crippen molar-refractivity contribution in [1.29, 1.82) is 0 Å². The van der Waals surface area contributed by atoms with Crippen LogP contribution in [0.5, 0.6) is 0 Å². The number of rotatable bonds is 5. The third-order valence-electron chi connectivity index (χ3n) is 7.11. The molecule has 4 nitrogen and oxygen atoms in total. The van der Waals surface area contributed by atoms with Crippen LogP contribution in [-0.4, -0.2) is 46.9 Å². The molecule has 4 heteroatoms. The van der Waals surface area contributed by atoms with Gasteiger partial charge in [0.2, 0.25) is 0 Å². The number of benzene rings is 4. The lowest BCUT2D eigenvalue weighted by molar-refractivity contribution is 0.131. The Morgan fingerprint density at radius 2 is 1.47 bits per heavy atom. The van der Waals surface area contributed by atoms with Gasteiger partial charge in [-0.1, -0.05) is 66.7 Å². The van der Waals surface area contributed by atoms with Crippen molar-refractivity contribution in [2.75, 3.05) is 26.2 Å². The molecule has 0 amide bonds. The summed E-state index contributed by atoms with van der Waals surface area (Å²) in [7, 11) is 0. The average Bonchev–Trinajstić information content (AvgIpc) is 3.21. The Balaban J connectivity index is 1.15. The molecule has 2 heterocycles. The molecule has 0 spiro atoms. The van der Waals surface area contributed by atoms with E-state index in [1.54, 1.807) is 0 Å². The fraction of sp³-hybridized carbons (Fsp3) is 0.233. The summed E-state index contributed by atoms with van der Waals surface area (Å²) in [5, 5.41) is 12.4. The highest BCUT2D eigenvalue weighted by molar-refractivity contribution is 6.09. The molecular weight excluding hydrogens is 416 g/mol. The predicted molar refractivity (Wildman–Crippen MR) is 144 cm³/mol. The van der Waals surface area contributed by atoms with Crippen LogP contribution in [-0.2, 0) is 13.1 Å². The zero-order valence-electron chi connectivity index (χ0n) is 19.7. The first kappa shape index (κ1) is 20.9. The van der Waals surface area contributed by atoms with Gasteiger partial charge in [-0.3, -0.25) is 9.91 Å². The van der Waals surface area contributed by atoms with Crippen LogP contribution in [0.2, 0.25) is 0 Å².